The Labute approximate surface area is 166 Å². The molecule has 2 heterocycles. The van der Waals surface area contributed by atoms with Crippen molar-refractivity contribution in [1.29, 1.82) is 0 Å². The lowest BCUT2D eigenvalue weighted by molar-refractivity contribution is -0.138. The van der Waals surface area contributed by atoms with Gasteiger partial charge in [-0.05, 0) is 51.1 Å². The highest BCUT2D eigenvalue weighted by molar-refractivity contribution is 8.18. The quantitative estimate of drug-likeness (QED) is 0.759. The highest BCUT2D eigenvalue weighted by atomic mass is 32.2. The topological polar surface area (TPSA) is 89.1 Å². The number of hydrogen-bond acceptors (Lipinski definition) is 6. The Morgan fingerprint density at radius 2 is 1.89 bits per heavy atom. The van der Waals surface area contributed by atoms with Crippen molar-refractivity contribution in [3.05, 3.63) is 75.3 Å². The van der Waals surface area contributed by atoms with Gasteiger partial charge in [0.2, 0.25) is 0 Å². The van der Waals surface area contributed by atoms with Crippen molar-refractivity contribution >= 4 is 34.8 Å². The zero-order chi connectivity index (χ0) is 20.3. The van der Waals surface area contributed by atoms with Crippen LogP contribution in [0.25, 0.3) is 6.08 Å². The van der Waals surface area contributed by atoms with Crippen LogP contribution in [0.5, 0.6) is 0 Å². The largest absolute Gasteiger partial charge is 0.506 e. The molecule has 28 heavy (non-hydrogen) atoms. The number of aliphatic imine (C=N–C) groups is 1. The van der Waals surface area contributed by atoms with Gasteiger partial charge in [0.05, 0.1) is 11.5 Å². The van der Waals surface area contributed by atoms with Crippen molar-refractivity contribution in [2.45, 2.75) is 20.8 Å². The van der Waals surface area contributed by atoms with E-state index in [2.05, 4.69) is 4.99 Å². The Morgan fingerprint density at radius 3 is 2.50 bits per heavy atom. The summed E-state index contributed by atoms with van der Waals surface area (Å²) in [4.78, 5) is 29.3. The second-order valence-corrected chi connectivity index (χ2v) is 7.12. The molecule has 1 aliphatic heterocycles. The summed E-state index contributed by atoms with van der Waals surface area (Å²) in [6.07, 6.45) is 1.59. The maximum atomic E-state index is 12.5. The smallest absolute Gasteiger partial charge is 0.344 e. The number of carbonyl (C=O) groups is 2. The van der Waals surface area contributed by atoms with Crippen LogP contribution < -0.4 is 0 Å². The molecular weight excluding hydrogens is 378 g/mol. The number of benzene rings is 1. The van der Waals surface area contributed by atoms with Crippen LogP contribution in [0.1, 0.15) is 34.4 Å². The molecule has 0 saturated carbocycles. The van der Waals surface area contributed by atoms with E-state index in [1.807, 2.05) is 6.92 Å². The number of ether oxygens (including phenoxy) is 1. The van der Waals surface area contributed by atoms with Gasteiger partial charge in [0.15, 0.2) is 0 Å². The molecule has 144 valence electrons. The van der Waals surface area contributed by atoms with Crippen LogP contribution >= 0.6 is 11.8 Å². The van der Waals surface area contributed by atoms with E-state index >= 15 is 0 Å². The van der Waals surface area contributed by atoms with Gasteiger partial charge in [-0.15, -0.1) is 0 Å². The van der Waals surface area contributed by atoms with Gasteiger partial charge in [0.25, 0.3) is 5.91 Å². The Bertz CT molecular complexity index is 1010. The van der Waals surface area contributed by atoms with Gasteiger partial charge >= 0.3 is 5.97 Å². The number of esters is 1. The van der Waals surface area contributed by atoms with Crippen LogP contribution in [0.3, 0.4) is 0 Å². The molecule has 1 aliphatic rings. The van der Waals surface area contributed by atoms with Crippen LogP contribution in [0.2, 0.25) is 0 Å². The molecule has 1 aromatic heterocycles. The van der Waals surface area contributed by atoms with Crippen LogP contribution in [-0.2, 0) is 9.53 Å². The molecule has 0 unspecified atom stereocenters. The number of hydrogen-bond donors (Lipinski definition) is 1. The molecule has 7 heteroatoms. The summed E-state index contributed by atoms with van der Waals surface area (Å²) in [7, 11) is 0. The summed E-state index contributed by atoms with van der Waals surface area (Å²) in [5.41, 5.74) is 1.28. The molecule has 1 N–H and O–H groups in total. The average Bonchev–Trinajstić information content (AvgIpc) is 3.19. The molecule has 3 rings (SSSR count). The number of rotatable bonds is 4. The zero-order valence-corrected chi connectivity index (χ0v) is 16.5. The van der Waals surface area contributed by atoms with Crippen molar-refractivity contribution in [3.8, 4) is 0 Å². The first-order valence-corrected chi connectivity index (χ1v) is 9.47. The normalized spacial score (nSPS) is 16.8. The molecule has 2 aromatic rings. The molecule has 0 fully saturated rings. The van der Waals surface area contributed by atoms with E-state index in [4.69, 9.17) is 9.15 Å². The van der Waals surface area contributed by atoms with Crippen LogP contribution in [-0.4, -0.2) is 28.6 Å². The molecule has 0 saturated heterocycles. The first-order valence-electron chi connectivity index (χ1n) is 8.65. The second kappa shape index (κ2) is 8.31. The van der Waals surface area contributed by atoms with E-state index in [1.54, 1.807) is 56.3 Å². The number of furan rings is 1. The second-order valence-electron chi connectivity index (χ2n) is 6.09. The maximum Gasteiger partial charge on any atom is 0.344 e. The van der Waals surface area contributed by atoms with E-state index in [-0.39, 0.29) is 23.0 Å². The van der Waals surface area contributed by atoms with Crippen LogP contribution in [0.15, 0.2) is 62.0 Å². The predicted molar refractivity (Wildman–Crippen MR) is 108 cm³/mol. The van der Waals surface area contributed by atoms with E-state index in [1.165, 1.54) is 0 Å². The van der Waals surface area contributed by atoms with Gasteiger partial charge in [-0.1, -0.05) is 29.5 Å². The maximum absolute atomic E-state index is 12.5. The first-order chi connectivity index (χ1) is 13.4. The minimum Gasteiger partial charge on any atom is -0.506 e. The summed E-state index contributed by atoms with van der Waals surface area (Å²) in [6, 6.07) is 10.5. The van der Waals surface area contributed by atoms with E-state index in [0.29, 0.717) is 22.0 Å². The fraction of sp³-hybridized carbons (Fsp3) is 0.190. The van der Waals surface area contributed by atoms with E-state index in [0.717, 1.165) is 17.3 Å². The summed E-state index contributed by atoms with van der Waals surface area (Å²) < 4.78 is 10.5. The third-order valence-electron chi connectivity index (χ3n) is 3.91. The predicted octanol–water partition coefficient (Wildman–Crippen LogP) is 4.60. The van der Waals surface area contributed by atoms with Gasteiger partial charge in [-0.3, -0.25) is 4.79 Å². The van der Waals surface area contributed by atoms with E-state index < -0.39 is 11.9 Å². The molecule has 0 atom stereocenters. The lowest BCUT2D eigenvalue weighted by Gasteiger charge is -2.03. The number of nitrogens with zero attached hydrogens (tertiary/aromatic N) is 1. The third kappa shape index (κ3) is 4.26. The molecule has 0 radical (unpaired) electrons. The summed E-state index contributed by atoms with van der Waals surface area (Å²) in [5, 5.41) is 10.7. The number of aliphatic hydroxyl groups is 1. The minimum absolute atomic E-state index is 0.0936. The van der Waals surface area contributed by atoms with Gasteiger partial charge < -0.3 is 14.3 Å². The lowest BCUT2D eigenvalue weighted by Crippen LogP contribution is -2.14. The Hall–Kier alpha value is -3.06. The SMILES string of the molecule is CCOC(=O)C1=C(O)/C(=C/c2ccc(C)o2)SC1=NC(=O)c1ccc(C)cc1. The Morgan fingerprint density at radius 1 is 1.18 bits per heavy atom. The molecule has 0 spiro atoms. The summed E-state index contributed by atoms with van der Waals surface area (Å²) >= 11 is 1.02. The van der Waals surface area contributed by atoms with Gasteiger partial charge in [-0.2, -0.15) is 0 Å². The van der Waals surface area contributed by atoms with Crippen molar-refractivity contribution in [1.82, 2.24) is 0 Å². The van der Waals surface area contributed by atoms with E-state index in [9.17, 15) is 14.7 Å². The van der Waals surface area contributed by atoms with Crippen molar-refractivity contribution in [2.24, 2.45) is 4.99 Å². The number of aryl methyl sites for hydroxylation is 2. The molecule has 0 bridgehead atoms. The lowest BCUT2D eigenvalue weighted by atomic mass is 10.1. The third-order valence-corrected chi connectivity index (χ3v) is 4.93. The van der Waals surface area contributed by atoms with Crippen LogP contribution in [0, 0.1) is 13.8 Å². The van der Waals surface area contributed by atoms with Gasteiger partial charge in [0.1, 0.15) is 27.9 Å². The number of aliphatic hydroxyl groups excluding tert-OH is 1. The minimum atomic E-state index is -0.734. The molecule has 6 nitrogen and oxygen atoms in total. The number of thioether (sulfide) groups is 1. The van der Waals surface area contributed by atoms with Crippen molar-refractivity contribution in [2.75, 3.05) is 6.61 Å². The Balaban J connectivity index is 1.99. The van der Waals surface area contributed by atoms with Crippen molar-refractivity contribution < 1.29 is 23.8 Å². The highest BCUT2D eigenvalue weighted by Crippen LogP contribution is 2.39. The van der Waals surface area contributed by atoms with Gasteiger partial charge in [-0.25, -0.2) is 9.79 Å². The van der Waals surface area contributed by atoms with Gasteiger partial charge in [0, 0.05) is 5.56 Å². The molecule has 0 aliphatic carbocycles. The van der Waals surface area contributed by atoms with Crippen molar-refractivity contribution in [3.63, 3.8) is 0 Å². The number of amides is 1. The molecular formula is C21H19NO5S. The monoisotopic (exact) mass is 397 g/mol. The Kier molecular flexibility index (Phi) is 5.84. The average molecular weight is 397 g/mol. The summed E-state index contributed by atoms with van der Waals surface area (Å²) in [6.45, 7) is 5.51. The standard InChI is InChI=1S/C21H19NO5S/c1-4-26-21(25)17-18(23)16(11-15-10-7-13(3)27-15)28-20(17)22-19(24)14-8-5-12(2)6-9-14/h5-11,23H,4H2,1-3H3/b16-11-,22-20?. The zero-order valence-electron chi connectivity index (χ0n) is 15.7. The number of carbonyl (C=O) groups excluding carboxylic acids is 2. The molecule has 1 aromatic carbocycles. The first kappa shape index (κ1) is 19.7. The highest BCUT2D eigenvalue weighted by Gasteiger charge is 2.34. The fourth-order valence-corrected chi connectivity index (χ4v) is 3.50. The van der Waals surface area contributed by atoms with Crippen LogP contribution in [0.4, 0.5) is 0 Å². The summed E-state index contributed by atoms with van der Waals surface area (Å²) in [5.74, 6) is -0.296. The molecule has 1 amide bonds. The fourth-order valence-electron chi connectivity index (χ4n) is 2.50.